The fourth-order valence-electron chi connectivity index (χ4n) is 5.08. The Kier molecular flexibility index (Phi) is 7.67. The number of carbonyl (C=O) groups is 1. The quantitative estimate of drug-likeness (QED) is 0.231. The Morgan fingerprint density at radius 3 is 2.49 bits per heavy atom. The molecule has 5 rings (SSSR count). The molecule has 9 heteroatoms. The molecule has 1 aliphatic heterocycles. The highest BCUT2D eigenvalue weighted by Crippen LogP contribution is 2.44. The van der Waals surface area contributed by atoms with Crippen molar-refractivity contribution in [2.24, 2.45) is 5.92 Å². The summed E-state index contributed by atoms with van der Waals surface area (Å²) in [5.74, 6) is -0.251. The zero-order valence-corrected chi connectivity index (χ0v) is 24.4. The average molecular weight is 579 g/mol. The molecule has 0 spiro atoms. The highest BCUT2D eigenvalue weighted by molar-refractivity contribution is 7.80. The van der Waals surface area contributed by atoms with Gasteiger partial charge in [0.2, 0.25) is 5.91 Å². The van der Waals surface area contributed by atoms with Gasteiger partial charge in [-0.1, -0.05) is 49.2 Å². The molecule has 2 aromatic carbocycles. The maximum Gasteiger partial charge on any atom is 0.226 e. The second-order valence-electron chi connectivity index (χ2n) is 9.95. The molecule has 0 saturated carbocycles. The lowest BCUT2D eigenvalue weighted by Gasteiger charge is -2.28. The van der Waals surface area contributed by atoms with E-state index in [1.54, 1.807) is 6.20 Å². The summed E-state index contributed by atoms with van der Waals surface area (Å²) >= 11 is 18.9. The van der Waals surface area contributed by atoms with Gasteiger partial charge in [-0.05, 0) is 86.2 Å². The molecule has 1 saturated heterocycles. The van der Waals surface area contributed by atoms with Crippen molar-refractivity contribution in [2.45, 2.75) is 39.8 Å². The molecule has 1 amide bonds. The minimum atomic E-state index is -0.210. The molecule has 4 aromatic rings. The number of thiocarbonyl (C=S) groups is 1. The third-order valence-electron chi connectivity index (χ3n) is 6.97. The average Bonchev–Trinajstić information content (AvgIpc) is 3.40. The number of aryl methyl sites for hydroxylation is 1. The molecule has 2 N–H and O–H groups in total. The fourth-order valence-corrected chi connectivity index (χ4v) is 5.83. The summed E-state index contributed by atoms with van der Waals surface area (Å²) in [5.41, 5.74) is 6.50. The van der Waals surface area contributed by atoms with Crippen LogP contribution in [0.15, 0.2) is 72.9 Å². The van der Waals surface area contributed by atoms with Gasteiger partial charge in [0.1, 0.15) is 0 Å². The molecule has 0 radical (unpaired) electrons. The summed E-state index contributed by atoms with van der Waals surface area (Å²) in [6, 6.07) is 21.1. The summed E-state index contributed by atoms with van der Waals surface area (Å²) in [7, 11) is 0. The van der Waals surface area contributed by atoms with E-state index in [0.29, 0.717) is 20.8 Å². The van der Waals surface area contributed by atoms with Crippen LogP contribution in [0.5, 0.6) is 0 Å². The smallest absolute Gasteiger partial charge is 0.226 e. The molecule has 0 unspecified atom stereocenters. The monoisotopic (exact) mass is 577 g/mol. The number of nitrogens with zero attached hydrogens (tertiary/aromatic N) is 3. The summed E-state index contributed by atoms with van der Waals surface area (Å²) in [6.07, 6.45) is 1.79. The first-order valence-electron chi connectivity index (χ1n) is 12.7. The number of hydrogen-bond donors (Lipinski definition) is 2. The van der Waals surface area contributed by atoms with Crippen molar-refractivity contribution in [3.8, 4) is 5.69 Å². The summed E-state index contributed by atoms with van der Waals surface area (Å²) in [5, 5.41) is 8.09. The first-order valence-corrected chi connectivity index (χ1v) is 13.9. The maximum atomic E-state index is 12.3. The molecule has 3 heterocycles. The Balaban J connectivity index is 1.62. The van der Waals surface area contributed by atoms with Crippen LogP contribution in [-0.2, 0) is 4.79 Å². The van der Waals surface area contributed by atoms with Crippen LogP contribution in [0.4, 0.5) is 11.4 Å². The van der Waals surface area contributed by atoms with Gasteiger partial charge in [0, 0.05) is 39.9 Å². The highest BCUT2D eigenvalue weighted by Gasteiger charge is 2.42. The molecule has 2 aromatic heterocycles. The van der Waals surface area contributed by atoms with E-state index < -0.39 is 0 Å². The predicted molar refractivity (Wildman–Crippen MR) is 163 cm³/mol. The van der Waals surface area contributed by atoms with Gasteiger partial charge >= 0.3 is 0 Å². The van der Waals surface area contributed by atoms with Crippen molar-refractivity contribution in [2.75, 3.05) is 10.2 Å². The topological polar surface area (TPSA) is 62.2 Å². The number of pyridine rings is 1. The first-order chi connectivity index (χ1) is 18.7. The van der Waals surface area contributed by atoms with Crippen LogP contribution >= 0.6 is 35.4 Å². The van der Waals surface area contributed by atoms with Gasteiger partial charge in [0.25, 0.3) is 0 Å². The summed E-state index contributed by atoms with van der Waals surface area (Å²) in [6.45, 7) is 7.87. The number of amides is 1. The van der Waals surface area contributed by atoms with Crippen LogP contribution in [0, 0.1) is 19.8 Å². The van der Waals surface area contributed by atoms with Crippen LogP contribution in [0.25, 0.3) is 5.69 Å². The van der Waals surface area contributed by atoms with E-state index in [0.717, 1.165) is 34.0 Å². The van der Waals surface area contributed by atoms with Gasteiger partial charge in [-0.15, -0.1) is 0 Å². The minimum absolute atomic E-state index is 0.0930. The number of benzene rings is 2. The Labute approximate surface area is 244 Å². The van der Waals surface area contributed by atoms with Crippen molar-refractivity contribution in [3.63, 3.8) is 0 Å². The number of anilines is 2. The van der Waals surface area contributed by atoms with Crippen LogP contribution in [-0.4, -0.2) is 20.6 Å². The SMILES string of the molecule is Cc1cc([C@H]2[C@H](c3ccccn3)NC(=S)N2c2ccc(NC(=O)C(C)C)c(Cl)c2)c(C)n1-c1cccc(Cl)c1. The third kappa shape index (κ3) is 5.26. The maximum absolute atomic E-state index is 12.3. The van der Waals surface area contributed by atoms with E-state index in [-0.39, 0.29) is 23.9 Å². The highest BCUT2D eigenvalue weighted by atomic mass is 35.5. The number of rotatable bonds is 6. The van der Waals surface area contributed by atoms with Crippen LogP contribution < -0.4 is 15.5 Å². The molecule has 0 aliphatic carbocycles. The van der Waals surface area contributed by atoms with Crippen LogP contribution in [0.1, 0.15) is 48.6 Å². The van der Waals surface area contributed by atoms with Gasteiger partial charge in [-0.3, -0.25) is 9.78 Å². The lowest BCUT2D eigenvalue weighted by atomic mass is 9.96. The Hall–Kier alpha value is -3.39. The summed E-state index contributed by atoms with van der Waals surface area (Å²) < 4.78 is 2.20. The first kappa shape index (κ1) is 27.2. The number of nitrogens with one attached hydrogen (secondary N) is 2. The van der Waals surface area contributed by atoms with E-state index in [2.05, 4.69) is 45.0 Å². The number of aromatic nitrogens is 2. The third-order valence-corrected chi connectivity index (χ3v) is 7.83. The zero-order valence-electron chi connectivity index (χ0n) is 22.1. The second-order valence-corrected chi connectivity index (χ2v) is 11.2. The second kappa shape index (κ2) is 11.0. The normalized spacial score (nSPS) is 17.0. The van der Waals surface area contributed by atoms with E-state index in [1.807, 2.05) is 74.5 Å². The van der Waals surface area contributed by atoms with Crippen molar-refractivity contribution < 1.29 is 4.79 Å². The van der Waals surface area contributed by atoms with E-state index in [9.17, 15) is 4.79 Å². The van der Waals surface area contributed by atoms with Crippen molar-refractivity contribution in [1.29, 1.82) is 0 Å². The van der Waals surface area contributed by atoms with E-state index >= 15 is 0 Å². The Morgan fingerprint density at radius 2 is 1.82 bits per heavy atom. The molecule has 200 valence electrons. The van der Waals surface area contributed by atoms with Gasteiger partial charge < -0.3 is 20.1 Å². The molecule has 39 heavy (non-hydrogen) atoms. The van der Waals surface area contributed by atoms with Crippen molar-refractivity contribution in [1.82, 2.24) is 14.9 Å². The van der Waals surface area contributed by atoms with Gasteiger partial charge in [0.15, 0.2) is 5.11 Å². The Morgan fingerprint density at radius 1 is 1.03 bits per heavy atom. The lowest BCUT2D eigenvalue weighted by Crippen LogP contribution is -2.29. The fraction of sp³-hybridized carbons (Fsp3) is 0.233. The number of hydrogen-bond acceptors (Lipinski definition) is 3. The molecule has 0 bridgehead atoms. The number of halogens is 2. The van der Waals surface area contributed by atoms with Gasteiger partial charge in [-0.25, -0.2) is 0 Å². The van der Waals surface area contributed by atoms with Gasteiger partial charge in [0.05, 0.1) is 28.5 Å². The molecule has 6 nitrogen and oxygen atoms in total. The molecular formula is C30H29Cl2N5OS. The van der Waals surface area contributed by atoms with Gasteiger partial charge in [-0.2, -0.15) is 0 Å². The largest absolute Gasteiger partial charge is 0.351 e. The van der Waals surface area contributed by atoms with Crippen LogP contribution in [0.3, 0.4) is 0 Å². The molecule has 1 fully saturated rings. The summed E-state index contributed by atoms with van der Waals surface area (Å²) in [4.78, 5) is 19.0. The predicted octanol–water partition coefficient (Wildman–Crippen LogP) is 7.57. The molecular weight excluding hydrogens is 549 g/mol. The number of carbonyl (C=O) groups excluding carboxylic acids is 1. The van der Waals surface area contributed by atoms with Crippen LogP contribution in [0.2, 0.25) is 10.0 Å². The zero-order chi connectivity index (χ0) is 27.8. The Bertz CT molecular complexity index is 1550. The molecule has 1 aliphatic rings. The van der Waals surface area contributed by atoms with E-state index in [4.69, 9.17) is 35.4 Å². The standard InChI is InChI=1S/C30H29Cl2N5OS/c1-17(2)29(38)34-25-12-11-22(16-24(25)32)37-28(27(35-30(37)39)26-10-5-6-13-33-26)23-14-18(3)36(19(23)4)21-9-7-8-20(31)15-21/h5-17,27-28H,1-4H3,(H,34,38)(H,35,39)/t27-,28-/m0/s1. The van der Waals surface area contributed by atoms with E-state index in [1.165, 1.54) is 0 Å². The molecule has 2 atom stereocenters. The van der Waals surface area contributed by atoms with Crippen molar-refractivity contribution >= 4 is 57.8 Å². The lowest BCUT2D eigenvalue weighted by molar-refractivity contribution is -0.118. The van der Waals surface area contributed by atoms with Crippen molar-refractivity contribution in [3.05, 3.63) is 106 Å². The minimum Gasteiger partial charge on any atom is -0.351 e.